The molecule has 3 rings (SSSR count). The third-order valence-corrected chi connectivity index (χ3v) is 3.49. The second-order valence-corrected chi connectivity index (χ2v) is 5.22. The fourth-order valence-corrected chi connectivity index (χ4v) is 2.28. The van der Waals surface area contributed by atoms with Crippen LogP contribution in [0.1, 0.15) is 5.56 Å². The van der Waals surface area contributed by atoms with Gasteiger partial charge in [0.15, 0.2) is 11.5 Å². The maximum atomic E-state index is 12.9. The van der Waals surface area contributed by atoms with E-state index in [1.54, 1.807) is 25.6 Å². The topological polar surface area (TPSA) is 87.8 Å². The van der Waals surface area contributed by atoms with E-state index in [2.05, 4.69) is 30.6 Å². The molecule has 7 nitrogen and oxygen atoms in total. The summed E-state index contributed by atoms with van der Waals surface area (Å²) in [7, 11) is 1.65. The Morgan fingerprint density at radius 3 is 2.75 bits per heavy atom. The molecule has 0 amide bonds. The molecule has 126 valence electrons. The quantitative estimate of drug-likeness (QED) is 0.549. The van der Waals surface area contributed by atoms with Crippen molar-refractivity contribution in [2.75, 3.05) is 37.4 Å². The third kappa shape index (κ3) is 3.96. The molecule has 0 aliphatic heterocycles. The number of H-pyrrole nitrogens is 1. The molecule has 1 aromatic carbocycles. The van der Waals surface area contributed by atoms with Crippen molar-refractivity contribution in [1.29, 1.82) is 0 Å². The zero-order valence-electron chi connectivity index (χ0n) is 13.3. The van der Waals surface area contributed by atoms with Gasteiger partial charge in [0.25, 0.3) is 0 Å². The average molecular weight is 330 g/mol. The van der Waals surface area contributed by atoms with E-state index in [4.69, 9.17) is 4.74 Å². The number of imidazole rings is 1. The lowest BCUT2D eigenvalue weighted by atomic mass is 10.1. The average Bonchev–Trinajstić information content (AvgIpc) is 3.05. The second-order valence-electron chi connectivity index (χ2n) is 5.22. The molecular formula is C16H19FN6O. The summed E-state index contributed by atoms with van der Waals surface area (Å²) in [5, 5.41) is 6.38. The number of aromatic amines is 1. The summed E-state index contributed by atoms with van der Waals surface area (Å²) in [6.07, 6.45) is 2.33. The van der Waals surface area contributed by atoms with Crippen LogP contribution in [0.5, 0.6) is 0 Å². The van der Waals surface area contributed by atoms with Crippen LogP contribution in [0, 0.1) is 5.82 Å². The maximum absolute atomic E-state index is 12.9. The zero-order valence-corrected chi connectivity index (χ0v) is 13.3. The van der Waals surface area contributed by atoms with Gasteiger partial charge in [-0.3, -0.25) is 0 Å². The number of fused-ring (bicyclic) bond motifs is 1. The summed E-state index contributed by atoms with van der Waals surface area (Å²) < 4.78 is 17.9. The lowest BCUT2D eigenvalue weighted by Gasteiger charge is -2.09. The first-order chi connectivity index (χ1) is 11.8. The van der Waals surface area contributed by atoms with E-state index in [1.165, 1.54) is 12.1 Å². The van der Waals surface area contributed by atoms with Gasteiger partial charge in [0.2, 0.25) is 5.95 Å². The molecule has 8 heteroatoms. The van der Waals surface area contributed by atoms with E-state index in [0.29, 0.717) is 37.1 Å². The first-order valence-electron chi connectivity index (χ1n) is 7.68. The highest BCUT2D eigenvalue weighted by molar-refractivity contribution is 5.83. The van der Waals surface area contributed by atoms with Gasteiger partial charge in [0.05, 0.1) is 12.9 Å². The summed E-state index contributed by atoms with van der Waals surface area (Å²) in [6, 6.07) is 6.46. The van der Waals surface area contributed by atoms with E-state index in [-0.39, 0.29) is 5.82 Å². The molecule has 2 heterocycles. The van der Waals surface area contributed by atoms with Crippen molar-refractivity contribution in [3.8, 4) is 0 Å². The number of nitrogens with one attached hydrogen (secondary N) is 3. The number of methoxy groups -OCH3 is 1. The van der Waals surface area contributed by atoms with Gasteiger partial charge in [0, 0.05) is 20.2 Å². The summed E-state index contributed by atoms with van der Waals surface area (Å²) in [6.45, 7) is 1.85. The lowest BCUT2D eigenvalue weighted by molar-refractivity contribution is 0.210. The van der Waals surface area contributed by atoms with Crippen LogP contribution in [-0.2, 0) is 11.2 Å². The van der Waals surface area contributed by atoms with Gasteiger partial charge in [-0.2, -0.15) is 9.97 Å². The summed E-state index contributed by atoms with van der Waals surface area (Å²) in [5.74, 6) is 0.946. The van der Waals surface area contributed by atoms with Crippen molar-refractivity contribution in [2.24, 2.45) is 0 Å². The fraction of sp³-hybridized carbons (Fsp3) is 0.312. The van der Waals surface area contributed by atoms with Crippen LogP contribution in [0.25, 0.3) is 11.2 Å². The normalized spacial score (nSPS) is 10.9. The molecule has 0 atom stereocenters. The molecule has 2 aromatic heterocycles. The molecule has 0 saturated carbocycles. The Balaban J connectivity index is 1.66. The first kappa shape index (κ1) is 16.1. The van der Waals surface area contributed by atoms with Crippen LogP contribution in [0.2, 0.25) is 0 Å². The molecule has 0 unspecified atom stereocenters. The van der Waals surface area contributed by atoms with Gasteiger partial charge in [-0.1, -0.05) is 12.1 Å². The van der Waals surface area contributed by atoms with Crippen molar-refractivity contribution in [2.45, 2.75) is 6.42 Å². The first-order valence-corrected chi connectivity index (χ1v) is 7.68. The van der Waals surface area contributed by atoms with Gasteiger partial charge >= 0.3 is 0 Å². The molecule has 3 N–H and O–H groups in total. The van der Waals surface area contributed by atoms with Crippen molar-refractivity contribution < 1.29 is 9.13 Å². The van der Waals surface area contributed by atoms with Crippen LogP contribution in [0.4, 0.5) is 16.2 Å². The fourth-order valence-electron chi connectivity index (χ4n) is 2.28. The number of benzene rings is 1. The van der Waals surface area contributed by atoms with Crippen molar-refractivity contribution in [3.05, 3.63) is 42.0 Å². The molecule has 0 spiro atoms. The van der Waals surface area contributed by atoms with E-state index >= 15 is 0 Å². The van der Waals surface area contributed by atoms with Crippen molar-refractivity contribution in [3.63, 3.8) is 0 Å². The molecule has 24 heavy (non-hydrogen) atoms. The number of rotatable bonds is 8. The molecule has 0 fully saturated rings. The Labute approximate surface area is 138 Å². The van der Waals surface area contributed by atoms with E-state index in [9.17, 15) is 4.39 Å². The zero-order chi connectivity index (χ0) is 16.8. The number of aromatic nitrogens is 4. The molecule has 0 aliphatic carbocycles. The smallest absolute Gasteiger partial charge is 0.226 e. The number of ether oxygens (including phenoxy) is 1. The van der Waals surface area contributed by atoms with Crippen LogP contribution in [-0.4, -0.2) is 46.7 Å². The standard InChI is InChI=1S/C16H19FN6O/c1-24-9-8-18-14-13-15(21-10-20-13)23-16(22-14)19-7-6-11-2-4-12(17)5-3-11/h2-5,10H,6-9H2,1H3,(H3,18,19,20,21,22,23). The Bertz CT molecular complexity index is 789. The number of hydrogen-bond donors (Lipinski definition) is 3. The molecule has 0 bridgehead atoms. The van der Waals surface area contributed by atoms with Gasteiger partial charge in [-0.25, -0.2) is 9.37 Å². The minimum absolute atomic E-state index is 0.231. The van der Waals surface area contributed by atoms with Crippen LogP contribution in [0.3, 0.4) is 0 Å². The summed E-state index contributed by atoms with van der Waals surface area (Å²) >= 11 is 0. The van der Waals surface area contributed by atoms with E-state index in [0.717, 1.165) is 17.5 Å². The van der Waals surface area contributed by atoms with Gasteiger partial charge in [-0.15, -0.1) is 0 Å². The Morgan fingerprint density at radius 2 is 1.96 bits per heavy atom. The highest BCUT2D eigenvalue weighted by Gasteiger charge is 2.09. The number of hydrogen-bond acceptors (Lipinski definition) is 6. The molecule has 3 aromatic rings. The van der Waals surface area contributed by atoms with Crippen molar-refractivity contribution >= 4 is 22.9 Å². The second kappa shape index (κ2) is 7.69. The molecular weight excluding hydrogens is 311 g/mol. The van der Waals surface area contributed by atoms with Gasteiger partial charge in [-0.05, 0) is 24.1 Å². The largest absolute Gasteiger partial charge is 0.383 e. The summed E-state index contributed by atoms with van der Waals surface area (Å²) in [5.41, 5.74) is 2.40. The Kier molecular flexibility index (Phi) is 5.17. The number of halogens is 1. The number of anilines is 2. The molecule has 0 radical (unpaired) electrons. The summed E-state index contributed by atoms with van der Waals surface area (Å²) in [4.78, 5) is 16.1. The predicted octanol–water partition coefficient (Wildman–Crippen LogP) is 2.20. The monoisotopic (exact) mass is 330 g/mol. The lowest BCUT2D eigenvalue weighted by Crippen LogP contribution is -2.12. The minimum atomic E-state index is -0.231. The Morgan fingerprint density at radius 1 is 1.12 bits per heavy atom. The Hall–Kier alpha value is -2.74. The molecule has 0 aliphatic rings. The SMILES string of the molecule is COCCNc1nc(NCCc2ccc(F)cc2)nc2nc[nH]c12. The van der Waals surface area contributed by atoms with Gasteiger partial charge < -0.3 is 20.4 Å². The number of nitrogens with zero attached hydrogens (tertiary/aromatic N) is 3. The minimum Gasteiger partial charge on any atom is -0.383 e. The van der Waals surface area contributed by atoms with Crippen LogP contribution < -0.4 is 10.6 Å². The highest BCUT2D eigenvalue weighted by atomic mass is 19.1. The van der Waals surface area contributed by atoms with Gasteiger partial charge in [0.1, 0.15) is 11.3 Å². The van der Waals surface area contributed by atoms with E-state index < -0.39 is 0 Å². The van der Waals surface area contributed by atoms with Crippen LogP contribution in [0.15, 0.2) is 30.6 Å². The third-order valence-electron chi connectivity index (χ3n) is 3.49. The maximum Gasteiger partial charge on any atom is 0.226 e. The molecule has 0 saturated heterocycles. The predicted molar refractivity (Wildman–Crippen MR) is 90.6 cm³/mol. The van der Waals surface area contributed by atoms with E-state index in [1.807, 2.05) is 0 Å². The van der Waals surface area contributed by atoms with Crippen LogP contribution >= 0.6 is 0 Å². The van der Waals surface area contributed by atoms with Crippen molar-refractivity contribution in [1.82, 2.24) is 19.9 Å². The highest BCUT2D eigenvalue weighted by Crippen LogP contribution is 2.18.